The third-order valence-corrected chi connectivity index (χ3v) is 6.21. The van der Waals surface area contributed by atoms with Gasteiger partial charge in [-0.1, -0.05) is 41.9 Å². The van der Waals surface area contributed by atoms with Crippen molar-refractivity contribution in [2.75, 3.05) is 16.8 Å². The first-order valence-electron chi connectivity index (χ1n) is 10.7. The van der Waals surface area contributed by atoms with Crippen LogP contribution in [-0.4, -0.2) is 28.5 Å². The quantitative estimate of drug-likeness (QED) is 0.670. The number of carbonyl (C=O) groups is 2. The fourth-order valence-corrected chi connectivity index (χ4v) is 4.07. The Kier molecular flexibility index (Phi) is 5.02. The molecule has 2 fully saturated rings. The minimum Gasteiger partial charge on any atom is -0.339 e. The number of benzene rings is 2. The fourth-order valence-electron chi connectivity index (χ4n) is 4.07. The van der Waals surface area contributed by atoms with E-state index in [1.807, 2.05) is 55.5 Å². The van der Waals surface area contributed by atoms with Gasteiger partial charge in [0.2, 0.25) is 23.5 Å². The van der Waals surface area contributed by atoms with Crippen molar-refractivity contribution in [2.45, 2.75) is 38.5 Å². The monoisotopic (exact) mass is 416 g/mol. The average Bonchev–Trinajstić information content (AvgIpc) is 3.36. The number of nitrogens with one attached hydrogen (secondary N) is 1. The van der Waals surface area contributed by atoms with Crippen LogP contribution in [0.5, 0.6) is 0 Å². The Labute approximate surface area is 180 Å². The van der Waals surface area contributed by atoms with Crippen molar-refractivity contribution in [3.63, 3.8) is 0 Å². The highest BCUT2D eigenvalue weighted by Gasteiger charge is 2.35. The average molecular weight is 416 g/mol. The van der Waals surface area contributed by atoms with Crippen LogP contribution >= 0.6 is 0 Å². The summed E-state index contributed by atoms with van der Waals surface area (Å²) in [7, 11) is 0. The summed E-state index contributed by atoms with van der Waals surface area (Å²) >= 11 is 0. The highest BCUT2D eigenvalue weighted by Crippen LogP contribution is 2.36. The van der Waals surface area contributed by atoms with Gasteiger partial charge in [-0.25, -0.2) is 0 Å². The van der Waals surface area contributed by atoms with E-state index in [0.29, 0.717) is 24.2 Å². The van der Waals surface area contributed by atoms with E-state index in [1.54, 1.807) is 4.90 Å². The third-order valence-electron chi connectivity index (χ3n) is 6.21. The Morgan fingerprint density at radius 2 is 2.00 bits per heavy atom. The molecule has 5 rings (SSSR count). The molecule has 1 saturated carbocycles. The molecule has 1 N–H and O–H groups in total. The number of nitrogens with zero attached hydrogens (tertiary/aromatic N) is 3. The first kappa shape index (κ1) is 19.5. The van der Waals surface area contributed by atoms with E-state index in [2.05, 4.69) is 15.5 Å². The highest BCUT2D eigenvalue weighted by molar-refractivity contribution is 6.03. The summed E-state index contributed by atoms with van der Waals surface area (Å²) in [5.74, 6) is 0.999. The topological polar surface area (TPSA) is 88.3 Å². The van der Waals surface area contributed by atoms with Crippen molar-refractivity contribution < 1.29 is 14.1 Å². The first-order valence-corrected chi connectivity index (χ1v) is 10.7. The maximum atomic E-state index is 12.8. The summed E-state index contributed by atoms with van der Waals surface area (Å²) in [5.41, 5.74) is 3.31. The second kappa shape index (κ2) is 7.98. The molecule has 1 saturated heterocycles. The van der Waals surface area contributed by atoms with Gasteiger partial charge in [0.25, 0.3) is 0 Å². The molecule has 0 bridgehead atoms. The Bertz CT molecular complexity index is 1140. The molecule has 158 valence electrons. The summed E-state index contributed by atoms with van der Waals surface area (Å²) in [6.07, 6.45) is 3.58. The van der Waals surface area contributed by atoms with Crippen molar-refractivity contribution in [2.24, 2.45) is 5.92 Å². The standard InChI is InChI=1S/C24H24N4O3/c1-15-6-2-3-11-20(15)25-23(30)18-13-21(29)28(14-18)19-10-5-9-17(12-19)22-26-24(31-27-22)16-7-4-8-16/h2-3,5-6,9-12,16,18H,4,7-8,13-14H2,1H3,(H,25,30). The number of aryl methyl sites for hydroxylation is 1. The van der Waals surface area contributed by atoms with Crippen LogP contribution in [0.2, 0.25) is 0 Å². The Hall–Kier alpha value is -3.48. The highest BCUT2D eigenvalue weighted by atomic mass is 16.5. The van der Waals surface area contributed by atoms with E-state index in [-0.39, 0.29) is 18.2 Å². The molecule has 7 nitrogen and oxygen atoms in total. The second-order valence-corrected chi connectivity index (χ2v) is 8.34. The van der Waals surface area contributed by atoms with Crippen LogP contribution in [0.3, 0.4) is 0 Å². The summed E-state index contributed by atoms with van der Waals surface area (Å²) in [4.78, 5) is 31.7. The Morgan fingerprint density at radius 1 is 1.16 bits per heavy atom. The SMILES string of the molecule is Cc1ccccc1NC(=O)C1CC(=O)N(c2cccc(-c3noc(C4CCC4)n3)c2)C1. The third kappa shape index (κ3) is 3.83. The minimum absolute atomic E-state index is 0.0645. The van der Waals surface area contributed by atoms with Crippen LogP contribution in [0.25, 0.3) is 11.4 Å². The molecule has 1 aliphatic heterocycles. The van der Waals surface area contributed by atoms with Gasteiger partial charge in [-0.15, -0.1) is 0 Å². The maximum Gasteiger partial charge on any atom is 0.230 e. The van der Waals surface area contributed by atoms with Gasteiger partial charge in [-0.3, -0.25) is 9.59 Å². The van der Waals surface area contributed by atoms with E-state index in [0.717, 1.165) is 35.3 Å². The largest absolute Gasteiger partial charge is 0.339 e. The lowest BCUT2D eigenvalue weighted by molar-refractivity contribution is -0.122. The van der Waals surface area contributed by atoms with Crippen LogP contribution in [0.4, 0.5) is 11.4 Å². The zero-order chi connectivity index (χ0) is 21.4. The number of carbonyl (C=O) groups excluding carboxylic acids is 2. The van der Waals surface area contributed by atoms with Gasteiger partial charge in [0.1, 0.15) is 0 Å². The first-order chi connectivity index (χ1) is 15.1. The molecule has 3 aromatic rings. The van der Waals surface area contributed by atoms with Crippen LogP contribution in [0, 0.1) is 12.8 Å². The van der Waals surface area contributed by atoms with Gasteiger partial charge < -0.3 is 14.7 Å². The molecule has 1 atom stereocenters. The van der Waals surface area contributed by atoms with Crippen molar-refractivity contribution >= 4 is 23.2 Å². The molecule has 31 heavy (non-hydrogen) atoms. The van der Waals surface area contributed by atoms with E-state index in [1.165, 1.54) is 6.42 Å². The fraction of sp³-hybridized carbons (Fsp3) is 0.333. The van der Waals surface area contributed by atoms with Crippen molar-refractivity contribution in [1.29, 1.82) is 0 Å². The number of para-hydroxylation sites is 1. The van der Waals surface area contributed by atoms with E-state index >= 15 is 0 Å². The van der Waals surface area contributed by atoms with Gasteiger partial charge in [0, 0.05) is 35.8 Å². The molecular formula is C24H24N4O3. The lowest BCUT2D eigenvalue weighted by atomic mass is 9.85. The minimum atomic E-state index is -0.397. The van der Waals surface area contributed by atoms with Crippen molar-refractivity contribution in [1.82, 2.24) is 10.1 Å². The zero-order valence-electron chi connectivity index (χ0n) is 17.4. The lowest BCUT2D eigenvalue weighted by Crippen LogP contribution is -2.28. The molecule has 1 unspecified atom stereocenters. The zero-order valence-corrected chi connectivity index (χ0v) is 17.4. The van der Waals surface area contributed by atoms with Gasteiger partial charge in [0.15, 0.2) is 0 Å². The number of anilines is 2. The molecule has 0 radical (unpaired) electrons. The van der Waals surface area contributed by atoms with E-state index in [9.17, 15) is 9.59 Å². The molecule has 7 heteroatoms. The predicted octanol–water partition coefficient (Wildman–Crippen LogP) is 4.30. The van der Waals surface area contributed by atoms with Crippen LogP contribution < -0.4 is 10.2 Å². The summed E-state index contributed by atoms with van der Waals surface area (Å²) in [6, 6.07) is 15.2. The number of amides is 2. The molecule has 1 aromatic heterocycles. The Balaban J connectivity index is 1.31. The molecule has 1 aliphatic carbocycles. The molecular weight excluding hydrogens is 392 g/mol. The van der Waals surface area contributed by atoms with Gasteiger partial charge in [-0.05, 0) is 43.5 Å². The Morgan fingerprint density at radius 3 is 2.77 bits per heavy atom. The summed E-state index contributed by atoms with van der Waals surface area (Å²) in [5, 5.41) is 7.08. The molecule has 2 heterocycles. The summed E-state index contributed by atoms with van der Waals surface area (Å²) < 4.78 is 5.43. The van der Waals surface area contributed by atoms with Crippen LogP contribution in [-0.2, 0) is 9.59 Å². The van der Waals surface area contributed by atoms with Gasteiger partial charge >= 0.3 is 0 Å². The number of hydrogen-bond acceptors (Lipinski definition) is 5. The van der Waals surface area contributed by atoms with Crippen molar-refractivity contribution in [3.8, 4) is 11.4 Å². The van der Waals surface area contributed by atoms with Crippen LogP contribution in [0.1, 0.15) is 43.1 Å². The number of aromatic nitrogens is 2. The van der Waals surface area contributed by atoms with Crippen molar-refractivity contribution in [3.05, 3.63) is 60.0 Å². The molecule has 2 aromatic carbocycles. The van der Waals surface area contributed by atoms with Crippen LogP contribution in [0.15, 0.2) is 53.1 Å². The predicted molar refractivity (Wildman–Crippen MR) is 117 cm³/mol. The molecule has 2 aliphatic rings. The number of hydrogen-bond donors (Lipinski definition) is 1. The normalized spacial score (nSPS) is 18.8. The maximum absolute atomic E-state index is 12.8. The van der Waals surface area contributed by atoms with E-state index < -0.39 is 5.92 Å². The molecule has 0 spiro atoms. The second-order valence-electron chi connectivity index (χ2n) is 8.34. The van der Waals surface area contributed by atoms with Gasteiger partial charge in [-0.2, -0.15) is 4.98 Å². The summed E-state index contributed by atoms with van der Waals surface area (Å²) in [6.45, 7) is 2.29. The smallest absolute Gasteiger partial charge is 0.230 e. The number of rotatable bonds is 5. The molecule has 2 amide bonds. The van der Waals surface area contributed by atoms with E-state index in [4.69, 9.17) is 4.52 Å². The lowest BCUT2D eigenvalue weighted by Gasteiger charge is -2.20. The van der Waals surface area contributed by atoms with Gasteiger partial charge in [0.05, 0.1) is 5.92 Å².